The number of carbonyl (C=O) groups excluding carboxylic acids is 2. The first-order valence-corrected chi connectivity index (χ1v) is 10.7. The molecule has 0 heterocycles. The van der Waals surface area contributed by atoms with Crippen LogP contribution in [0.25, 0.3) is 0 Å². The topological polar surface area (TPSA) is 52.6 Å². The van der Waals surface area contributed by atoms with Crippen LogP contribution in [-0.2, 0) is 19.4 Å². The molecule has 0 aliphatic carbocycles. The smallest absolute Gasteiger partial charge is 0.247 e. The van der Waals surface area contributed by atoms with Crippen LogP contribution in [0.15, 0.2) is 0 Å². The van der Waals surface area contributed by atoms with E-state index in [4.69, 9.17) is 11.6 Å². The molecule has 25 heavy (non-hydrogen) atoms. The summed E-state index contributed by atoms with van der Waals surface area (Å²) in [5.41, 5.74) is 0. The number of unbranched alkanes of at least 4 members (excludes halogenated alkanes) is 14. The highest BCUT2D eigenvalue weighted by Gasteiger charge is 2.08. The molecule has 0 unspecified atom stereocenters. The normalized spacial score (nSPS) is 10.6. The van der Waals surface area contributed by atoms with Crippen molar-refractivity contribution < 1.29 is 19.4 Å². The molecule has 0 bridgehead atoms. The molecule has 0 atom stereocenters. The van der Waals surface area contributed by atoms with E-state index in [-0.39, 0.29) is 12.3 Å². The van der Waals surface area contributed by atoms with E-state index in [1.54, 1.807) is 0 Å². The lowest BCUT2D eigenvalue weighted by Crippen LogP contribution is -2.11. The number of hydrogen-bond donors (Lipinski definition) is 0. The first-order valence-electron chi connectivity index (χ1n) is 10.2. The Morgan fingerprint density at radius 3 is 1.36 bits per heavy atom. The summed E-state index contributed by atoms with van der Waals surface area (Å²) in [6.07, 6.45) is 19.5. The maximum absolute atomic E-state index is 11.3. The highest BCUT2D eigenvalue weighted by atomic mass is 35.5. The van der Waals surface area contributed by atoms with E-state index in [1.165, 1.54) is 77.0 Å². The summed E-state index contributed by atoms with van der Waals surface area (Å²) in [6.45, 7) is 2.26. The van der Waals surface area contributed by atoms with Crippen molar-refractivity contribution in [2.45, 2.75) is 110 Å². The summed E-state index contributed by atoms with van der Waals surface area (Å²) in [5.74, 6) is -1.56. The maximum Gasteiger partial charge on any atom is 0.370 e. The molecule has 0 aliphatic heterocycles. The van der Waals surface area contributed by atoms with Crippen molar-refractivity contribution in [2.24, 2.45) is 0 Å². The molecule has 0 aromatic rings. The third-order valence-electron chi connectivity index (χ3n) is 4.32. The van der Waals surface area contributed by atoms with Crippen LogP contribution in [0.5, 0.6) is 0 Å². The van der Waals surface area contributed by atoms with Crippen LogP contribution in [0.2, 0.25) is 0 Å². The zero-order valence-electron chi connectivity index (χ0n) is 16.0. The molecule has 0 saturated heterocycles. The molecule has 148 valence electrons. The highest BCUT2D eigenvalue weighted by Crippen LogP contribution is 2.13. The Kier molecular flexibility index (Phi) is 19.0. The van der Waals surface area contributed by atoms with Gasteiger partial charge in [-0.2, -0.15) is 0 Å². The van der Waals surface area contributed by atoms with Crippen molar-refractivity contribution in [1.82, 2.24) is 0 Å². The minimum Gasteiger partial charge on any atom is -0.247 e. The van der Waals surface area contributed by atoms with Gasteiger partial charge in [-0.15, -0.1) is 11.6 Å². The van der Waals surface area contributed by atoms with Crippen molar-refractivity contribution in [3.05, 3.63) is 0 Å². The molecule has 0 aliphatic rings. The standard InChI is InChI=1S/C20H37ClO4/c1-2-3-4-5-6-7-8-9-10-11-12-13-14-15-16-17-19(22)24-25-20(23)18-21/h2-18H2,1H3. The summed E-state index contributed by atoms with van der Waals surface area (Å²) in [4.78, 5) is 30.5. The van der Waals surface area contributed by atoms with E-state index in [0.29, 0.717) is 0 Å². The highest BCUT2D eigenvalue weighted by molar-refractivity contribution is 6.26. The molecular formula is C20H37ClO4. The average Bonchev–Trinajstić information content (AvgIpc) is 2.62. The van der Waals surface area contributed by atoms with Crippen LogP contribution in [0.4, 0.5) is 0 Å². The number of halogens is 1. The van der Waals surface area contributed by atoms with Crippen LogP contribution in [-0.4, -0.2) is 17.8 Å². The summed E-state index contributed by atoms with van der Waals surface area (Å²) < 4.78 is 0. The summed E-state index contributed by atoms with van der Waals surface area (Å²) in [7, 11) is 0. The van der Waals surface area contributed by atoms with E-state index >= 15 is 0 Å². The molecule has 0 radical (unpaired) electrons. The fraction of sp³-hybridized carbons (Fsp3) is 0.900. The van der Waals surface area contributed by atoms with E-state index in [1.807, 2.05) is 0 Å². The average molecular weight is 377 g/mol. The maximum atomic E-state index is 11.3. The van der Waals surface area contributed by atoms with E-state index in [9.17, 15) is 9.59 Å². The molecule has 0 rings (SSSR count). The van der Waals surface area contributed by atoms with Crippen LogP contribution >= 0.6 is 11.6 Å². The number of hydrogen-bond acceptors (Lipinski definition) is 4. The van der Waals surface area contributed by atoms with E-state index in [0.717, 1.165) is 19.3 Å². The number of rotatable bonds is 17. The monoisotopic (exact) mass is 376 g/mol. The summed E-state index contributed by atoms with van der Waals surface area (Å²) in [6, 6.07) is 0. The van der Waals surface area contributed by atoms with Crippen LogP contribution in [0, 0.1) is 0 Å². The van der Waals surface area contributed by atoms with Crippen molar-refractivity contribution in [1.29, 1.82) is 0 Å². The van der Waals surface area contributed by atoms with Crippen LogP contribution in [0.1, 0.15) is 110 Å². The van der Waals surface area contributed by atoms with Crippen molar-refractivity contribution >= 4 is 23.5 Å². The third kappa shape index (κ3) is 19.4. The summed E-state index contributed by atoms with van der Waals surface area (Å²) in [5, 5.41) is 0. The van der Waals surface area contributed by atoms with Gasteiger partial charge in [-0.05, 0) is 6.42 Å². The number of alkyl halides is 1. The Labute approximate surface area is 158 Å². The van der Waals surface area contributed by atoms with Gasteiger partial charge in [0.25, 0.3) is 0 Å². The lowest BCUT2D eigenvalue weighted by atomic mass is 10.0. The predicted octanol–water partition coefficient (Wildman–Crippen LogP) is 6.49. The molecule has 4 nitrogen and oxygen atoms in total. The molecule has 0 saturated carbocycles. The van der Waals surface area contributed by atoms with Gasteiger partial charge in [0.05, 0.1) is 6.42 Å². The lowest BCUT2D eigenvalue weighted by molar-refractivity contribution is -0.257. The molecular weight excluding hydrogens is 340 g/mol. The van der Waals surface area contributed by atoms with Crippen molar-refractivity contribution in [2.75, 3.05) is 5.88 Å². The zero-order chi connectivity index (χ0) is 18.6. The second kappa shape index (κ2) is 19.6. The fourth-order valence-electron chi connectivity index (χ4n) is 2.80. The fourth-order valence-corrected chi connectivity index (χ4v) is 2.84. The van der Waals surface area contributed by atoms with Gasteiger partial charge < -0.3 is 0 Å². The second-order valence-corrected chi connectivity index (χ2v) is 7.01. The summed E-state index contributed by atoms with van der Waals surface area (Å²) >= 11 is 5.22. The minimum atomic E-state index is -0.744. The Morgan fingerprint density at radius 2 is 0.960 bits per heavy atom. The third-order valence-corrected chi connectivity index (χ3v) is 4.54. The molecule has 0 spiro atoms. The quantitative estimate of drug-likeness (QED) is 0.126. The van der Waals surface area contributed by atoms with Gasteiger partial charge in [-0.25, -0.2) is 19.4 Å². The Bertz CT molecular complexity index is 321. The SMILES string of the molecule is CCCCCCCCCCCCCCCCCC(=O)OOC(=O)CCl. The molecule has 0 aromatic heterocycles. The van der Waals surface area contributed by atoms with Gasteiger partial charge in [0, 0.05) is 0 Å². The van der Waals surface area contributed by atoms with E-state index < -0.39 is 11.9 Å². The van der Waals surface area contributed by atoms with Gasteiger partial charge in [-0.3, -0.25) is 0 Å². The van der Waals surface area contributed by atoms with Gasteiger partial charge in [0.2, 0.25) is 0 Å². The molecule has 0 fully saturated rings. The molecule has 0 amide bonds. The molecule has 5 heteroatoms. The van der Waals surface area contributed by atoms with Crippen molar-refractivity contribution in [3.8, 4) is 0 Å². The number of carbonyl (C=O) groups is 2. The van der Waals surface area contributed by atoms with Gasteiger partial charge in [0.15, 0.2) is 0 Å². The Hall–Kier alpha value is -0.770. The van der Waals surface area contributed by atoms with Gasteiger partial charge in [0.1, 0.15) is 5.88 Å². The second-order valence-electron chi connectivity index (χ2n) is 6.74. The first kappa shape index (κ1) is 24.2. The molecule has 0 N–H and O–H groups in total. The van der Waals surface area contributed by atoms with Crippen LogP contribution < -0.4 is 0 Å². The Balaban J connectivity index is 3.14. The van der Waals surface area contributed by atoms with Crippen LogP contribution in [0.3, 0.4) is 0 Å². The predicted molar refractivity (Wildman–Crippen MR) is 102 cm³/mol. The molecule has 0 aromatic carbocycles. The van der Waals surface area contributed by atoms with Gasteiger partial charge in [-0.1, -0.05) is 96.8 Å². The minimum absolute atomic E-state index is 0.286. The largest absolute Gasteiger partial charge is 0.370 e. The van der Waals surface area contributed by atoms with E-state index in [2.05, 4.69) is 16.7 Å². The van der Waals surface area contributed by atoms with Gasteiger partial charge >= 0.3 is 11.9 Å². The first-order chi connectivity index (χ1) is 12.2. The van der Waals surface area contributed by atoms with Crippen molar-refractivity contribution in [3.63, 3.8) is 0 Å². The zero-order valence-corrected chi connectivity index (χ0v) is 16.8. The Morgan fingerprint density at radius 1 is 0.600 bits per heavy atom. The lowest BCUT2D eigenvalue weighted by Gasteiger charge is -2.03.